The molecule has 16 heavy (non-hydrogen) atoms. The predicted octanol–water partition coefficient (Wildman–Crippen LogP) is -1.76. The van der Waals surface area contributed by atoms with Crippen LogP contribution in [0.4, 0.5) is 0 Å². The summed E-state index contributed by atoms with van der Waals surface area (Å²) in [5.74, 6) is 0. The van der Waals surface area contributed by atoms with Crippen molar-refractivity contribution in [2.75, 3.05) is 13.2 Å². The molecule has 5 atom stereocenters. The van der Waals surface area contributed by atoms with Gasteiger partial charge in [-0.25, -0.2) is 0 Å². The highest BCUT2D eigenvalue weighted by molar-refractivity contribution is 4.83. The highest BCUT2D eigenvalue weighted by Crippen LogP contribution is 2.10. The topological polar surface area (TPSA) is 110 Å². The van der Waals surface area contributed by atoms with Gasteiger partial charge in [-0.3, -0.25) is 0 Å². The lowest BCUT2D eigenvalue weighted by Crippen LogP contribution is -2.49. The minimum atomic E-state index is -1.60. The van der Waals surface area contributed by atoms with Crippen LogP contribution in [-0.4, -0.2) is 69.3 Å². The second-order valence-corrected chi connectivity index (χ2v) is 3.80. The lowest BCUT2D eigenvalue weighted by atomic mass is 10.0. The first-order chi connectivity index (χ1) is 7.45. The molecule has 0 fully saturated rings. The van der Waals surface area contributed by atoms with Crippen LogP contribution in [0.2, 0.25) is 0 Å². The maximum absolute atomic E-state index is 9.60. The molecule has 0 aromatic rings. The third-order valence-electron chi connectivity index (χ3n) is 2.35. The maximum atomic E-state index is 9.60. The van der Waals surface area contributed by atoms with Crippen LogP contribution in [0.25, 0.3) is 0 Å². The minimum Gasteiger partial charge on any atom is -0.394 e. The van der Waals surface area contributed by atoms with Crippen LogP contribution >= 0.6 is 0 Å². The fourth-order valence-electron chi connectivity index (χ4n) is 1.22. The van der Waals surface area contributed by atoms with Crippen LogP contribution in [0.3, 0.4) is 0 Å². The van der Waals surface area contributed by atoms with E-state index in [1.165, 1.54) is 0 Å². The molecule has 5 unspecified atom stereocenters. The SMILES string of the molecule is CCCOC(C)C(O)C(O)C(O)C(O)CO. The largest absolute Gasteiger partial charge is 0.394 e. The number of rotatable bonds is 8. The van der Waals surface area contributed by atoms with E-state index in [-0.39, 0.29) is 0 Å². The Kier molecular flexibility index (Phi) is 7.82. The molecule has 0 aromatic heterocycles. The maximum Gasteiger partial charge on any atom is 0.111 e. The van der Waals surface area contributed by atoms with Crippen molar-refractivity contribution >= 4 is 0 Å². The second kappa shape index (κ2) is 7.94. The minimum absolute atomic E-state index is 0.434. The molecule has 98 valence electrons. The smallest absolute Gasteiger partial charge is 0.111 e. The molecule has 0 saturated carbocycles. The van der Waals surface area contributed by atoms with Gasteiger partial charge in [0.1, 0.15) is 24.4 Å². The predicted molar refractivity (Wildman–Crippen MR) is 56.8 cm³/mol. The Bertz CT molecular complexity index is 177. The van der Waals surface area contributed by atoms with Crippen LogP contribution in [0.1, 0.15) is 20.3 Å². The lowest BCUT2D eigenvalue weighted by Gasteiger charge is -2.29. The molecule has 0 aliphatic rings. The first kappa shape index (κ1) is 15.8. The number of hydrogen-bond acceptors (Lipinski definition) is 6. The van der Waals surface area contributed by atoms with Crippen molar-refractivity contribution < 1.29 is 30.3 Å². The van der Waals surface area contributed by atoms with E-state index in [1.54, 1.807) is 6.92 Å². The molecule has 0 bridgehead atoms. The molecule has 0 rings (SSSR count). The quantitative estimate of drug-likeness (QED) is 0.342. The molecule has 0 aliphatic heterocycles. The Morgan fingerprint density at radius 1 is 1.00 bits per heavy atom. The fraction of sp³-hybridized carbons (Fsp3) is 1.00. The van der Waals surface area contributed by atoms with Gasteiger partial charge in [-0.05, 0) is 13.3 Å². The molecule has 0 radical (unpaired) electrons. The average molecular weight is 238 g/mol. The molecule has 0 aromatic carbocycles. The van der Waals surface area contributed by atoms with Crippen molar-refractivity contribution in [2.45, 2.75) is 50.8 Å². The number of hydrogen-bond donors (Lipinski definition) is 5. The first-order valence-electron chi connectivity index (χ1n) is 5.40. The van der Waals surface area contributed by atoms with E-state index < -0.39 is 37.1 Å². The second-order valence-electron chi connectivity index (χ2n) is 3.80. The number of aliphatic hydroxyl groups excluding tert-OH is 5. The molecular formula is C10H22O6. The summed E-state index contributed by atoms with van der Waals surface area (Å²) in [6.45, 7) is 3.21. The fourth-order valence-corrected chi connectivity index (χ4v) is 1.22. The molecular weight excluding hydrogens is 216 g/mol. The van der Waals surface area contributed by atoms with E-state index in [9.17, 15) is 15.3 Å². The first-order valence-corrected chi connectivity index (χ1v) is 5.40. The van der Waals surface area contributed by atoms with Crippen LogP contribution in [0.5, 0.6) is 0 Å². The van der Waals surface area contributed by atoms with Crippen molar-refractivity contribution in [3.63, 3.8) is 0 Å². The van der Waals surface area contributed by atoms with E-state index in [0.29, 0.717) is 6.61 Å². The number of ether oxygens (including phenoxy) is 1. The zero-order valence-corrected chi connectivity index (χ0v) is 9.65. The van der Waals surface area contributed by atoms with Gasteiger partial charge in [0, 0.05) is 6.61 Å². The Labute approximate surface area is 95.1 Å². The van der Waals surface area contributed by atoms with Gasteiger partial charge in [-0.2, -0.15) is 0 Å². The highest BCUT2D eigenvalue weighted by atomic mass is 16.5. The Morgan fingerprint density at radius 3 is 2.00 bits per heavy atom. The van der Waals surface area contributed by atoms with Crippen LogP contribution in [0, 0.1) is 0 Å². The molecule has 5 N–H and O–H groups in total. The summed E-state index contributed by atoms with van der Waals surface area (Å²) in [5.41, 5.74) is 0. The summed E-state index contributed by atoms with van der Waals surface area (Å²) in [7, 11) is 0. The molecule has 0 saturated heterocycles. The van der Waals surface area contributed by atoms with Gasteiger partial charge in [0.25, 0.3) is 0 Å². The molecule has 0 spiro atoms. The van der Waals surface area contributed by atoms with Gasteiger partial charge in [-0.15, -0.1) is 0 Å². The third kappa shape index (κ3) is 4.73. The lowest BCUT2D eigenvalue weighted by molar-refractivity contribution is -0.147. The van der Waals surface area contributed by atoms with Crippen LogP contribution < -0.4 is 0 Å². The highest BCUT2D eigenvalue weighted by Gasteiger charge is 2.33. The number of aliphatic hydroxyl groups is 5. The standard InChI is InChI=1S/C10H22O6/c1-3-4-16-6(2)8(13)10(15)9(14)7(12)5-11/h6-15H,3-5H2,1-2H3. The molecule has 0 amide bonds. The molecule has 6 heteroatoms. The van der Waals surface area contributed by atoms with E-state index in [1.807, 2.05) is 6.92 Å². The summed E-state index contributed by atoms with van der Waals surface area (Å²) < 4.78 is 5.17. The Morgan fingerprint density at radius 2 is 1.56 bits per heavy atom. The van der Waals surface area contributed by atoms with Crippen molar-refractivity contribution in [1.82, 2.24) is 0 Å². The van der Waals surface area contributed by atoms with E-state index in [4.69, 9.17) is 14.9 Å². The molecule has 6 nitrogen and oxygen atoms in total. The van der Waals surface area contributed by atoms with Crippen molar-refractivity contribution in [3.8, 4) is 0 Å². The van der Waals surface area contributed by atoms with Gasteiger partial charge in [-0.1, -0.05) is 6.92 Å². The van der Waals surface area contributed by atoms with E-state index in [2.05, 4.69) is 0 Å². The van der Waals surface area contributed by atoms with Gasteiger partial charge >= 0.3 is 0 Å². The van der Waals surface area contributed by atoms with Gasteiger partial charge < -0.3 is 30.3 Å². The van der Waals surface area contributed by atoms with Crippen molar-refractivity contribution in [2.24, 2.45) is 0 Å². The van der Waals surface area contributed by atoms with Crippen molar-refractivity contribution in [1.29, 1.82) is 0 Å². The Hall–Kier alpha value is -0.240. The summed E-state index contributed by atoms with van der Waals surface area (Å²) in [6.07, 6.45) is -5.85. The summed E-state index contributed by atoms with van der Waals surface area (Å²) in [5, 5.41) is 46.1. The average Bonchev–Trinajstić information content (AvgIpc) is 2.31. The van der Waals surface area contributed by atoms with Gasteiger partial charge in [0.15, 0.2) is 0 Å². The Balaban J connectivity index is 4.19. The van der Waals surface area contributed by atoms with E-state index in [0.717, 1.165) is 6.42 Å². The summed E-state index contributed by atoms with van der Waals surface area (Å²) >= 11 is 0. The normalized spacial score (nSPS) is 21.2. The van der Waals surface area contributed by atoms with Gasteiger partial charge in [0.05, 0.1) is 12.7 Å². The third-order valence-corrected chi connectivity index (χ3v) is 2.35. The summed E-state index contributed by atoms with van der Waals surface area (Å²) in [6, 6.07) is 0. The van der Waals surface area contributed by atoms with Gasteiger partial charge in [0.2, 0.25) is 0 Å². The van der Waals surface area contributed by atoms with E-state index >= 15 is 0 Å². The van der Waals surface area contributed by atoms with Crippen LogP contribution in [0.15, 0.2) is 0 Å². The monoisotopic (exact) mass is 238 g/mol. The molecule has 0 heterocycles. The zero-order chi connectivity index (χ0) is 12.7. The van der Waals surface area contributed by atoms with Crippen molar-refractivity contribution in [3.05, 3.63) is 0 Å². The zero-order valence-electron chi connectivity index (χ0n) is 9.65. The van der Waals surface area contributed by atoms with Crippen LogP contribution in [-0.2, 0) is 4.74 Å². The molecule has 0 aliphatic carbocycles. The summed E-state index contributed by atoms with van der Waals surface area (Å²) in [4.78, 5) is 0.